The molecule has 3 atom stereocenters. The first kappa shape index (κ1) is 40.0. The van der Waals surface area contributed by atoms with Crippen LogP contribution in [0.2, 0.25) is 15.1 Å². The smallest absolute Gasteiger partial charge is 0.326 e. The number of hydrogen-bond acceptors (Lipinski definition) is 11. The summed E-state index contributed by atoms with van der Waals surface area (Å²) in [5.41, 5.74) is 1.85. The van der Waals surface area contributed by atoms with Crippen LogP contribution in [0.3, 0.4) is 0 Å². The lowest BCUT2D eigenvalue weighted by atomic mass is 10.0. The van der Waals surface area contributed by atoms with Gasteiger partial charge in [-0.05, 0) is 31.5 Å². The Morgan fingerprint density at radius 2 is 1.64 bits per heavy atom. The Balaban J connectivity index is 1.31. The lowest BCUT2D eigenvalue weighted by molar-refractivity contribution is -0.145. The molecule has 1 saturated heterocycles. The minimum absolute atomic E-state index is 0.0146. The first-order valence-corrected chi connectivity index (χ1v) is 17.8. The van der Waals surface area contributed by atoms with Crippen LogP contribution in [-0.4, -0.2) is 86.9 Å². The van der Waals surface area contributed by atoms with Crippen LogP contribution in [0.5, 0.6) is 17.2 Å². The maximum absolute atomic E-state index is 11.8. The van der Waals surface area contributed by atoms with Crippen molar-refractivity contribution in [3.05, 3.63) is 104 Å². The number of nitrogens with one attached hydrogen (secondary N) is 1. The number of nitriles is 1. The molecule has 1 aliphatic rings. The molecule has 0 amide bonds. The number of likely N-dealkylation sites (tertiary alicyclic amines) is 1. The normalized spacial score (nSPS) is 16.9. The van der Waals surface area contributed by atoms with Crippen LogP contribution in [0, 0.1) is 11.3 Å². The average Bonchev–Trinajstić information content (AvgIpc) is 3.48. The number of carbonyl (C=O) groups is 1. The molecular weight excluding hydrogens is 747 g/mol. The molecule has 12 nitrogen and oxygen atoms in total. The number of pyridine rings is 1. The Bertz CT molecular complexity index is 1950. The van der Waals surface area contributed by atoms with Crippen LogP contribution in [0.25, 0.3) is 11.1 Å². The van der Waals surface area contributed by atoms with Gasteiger partial charge in [0.05, 0.1) is 46.1 Å². The van der Waals surface area contributed by atoms with Gasteiger partial charge in [0.15, 0.2) is 0 Å². The van der Waals surface area contributed by atoms with Gasteiger partial charge in [0.25, 0.3) is 0 Å². The molecule has 3 aromatic carbocycles. The van der Waals surface area contributed by atoms with Gasteiger partial charge in [-0.3, -0.25) is 20.0 Å². The van der Waals surface area contributed by atoms with E-state index < -0.39 is 30.3 Å². The number of rotatable bonds is 17. The van der Waals surface area contributed by atoms with Crippen LogP contribution >= 0.6 is 34.8 Å². The highest BCUT2D eigenvalue weighted by molar-refractivity contribution is 6.37. The van der Waals surface area contributed by atoms with E-state index in [9.17, 15) is 30.5 Å². The van der Waals surface area contributed by atoms with Crippen LogP contribution in [-0.2, 0) is 24.6 Å². The molecule has 0 spiro atoms. The van der Waals surface area contributed by atoms with Crippen molar-refractivity contribution < 1.29 is 39.4 Å². The summed E-state index contributed by atoms with van der Waals surface area (Å²) in [4.78, 5) is 17.8. The molecule has 1 fully saturated rings. The highest BCUT2D eigenvalue weighted by Crippen LogP contribution is 2.40. The number of aliphatic hydroxyl groups is 3. The zero-order chi connectivity index (χ0) is 38.1. The van der Waals surface area contributed by atoms with E-state index in [0.29, 0.717) is 87.6 Å². The molecule has 4 aromatic rings. The molecule has 1 aromatic heterocycles. The third kappa shape index (κ3) is 10.1. The number of aromatic nitrogens is 1. The number of β-amino-alcohol motifs (C(OH)–C–C–N with tert-alkyl or cyclic N) is 2. The van der Waals surface area contributed by atoms with E-state index in [1.807, 2.05) is 41.3 Å². The minimum atomic E-state index is -1.62. The number of nitrogens with zero attached hydrogens (tertiary/aromatic N) is 3. The number of aliphatic carboxylic acids is 1. The van der Waals surface area contributed by atoms with Crippen LogP contribution in [0.15, 0.2) is 67.0 Å². The van der Waals surface area contributed by atoms with Crippen molar-refractivity contribution in [2.24, 2.45) is 0 Å². The van der Waals surface area contributed by atoms with E-state index >= 15 is 0 Å². The highest BCUT2D eigenvalue weighted by Gasteiger charge is 2.32. The lowest BCUT2D eigenvalue weighted by Gasteiger charge is -2.25. The quantitative estimate of drug-likeness (QED) is 0.0855. The number of aliphatic hydroxyl groups excluding tert-OH is 3. The van der Waals surface area contributed by atoms with E-state index in [0.717, 1.165) is 0 Å². The molecule has 0 aliphatic carbocycles. The number of benzene rings is 3. The lowest BCUT2D eigenvalue weighted by Crippen LogP contribution is -2.52. The molecule has 15 heteroatoms. The number of carboxylic acid groups (broad SMARTS) is 1. The highest BCUT2D eigenvalue weighted by atomic mass is 35.5. The number of halogens is 3. The molecule has 280 valence electrons. The second kappa shape index (κ2) is 18.2. The monoisotopic (exact) mass is 784 g/mol. The summed E-state index contributed by atoms with van der Waals surface area (Å²) in [6.45, 7) is 2.66. The second-order valence-electron chi connectivity index (χ2n) is 12.8. The Hall–Kier alpha value is -4.16. The van der Waals surface area contributed by atoms with Gasteiger partial charge in [-0.25, -0.2) is 0 Å². The van der Waals surface area contributed by atoms with Crippen molar-refractivity contribution >= 4 is 40.8 Å². The SMILES string of the molecule is C[C@](CO)(NCc1cc(Cl)c(OCc2cccc(-c3cccc(OCCCN4C[C@@H](O)[C@H](O)C4)c3Cl)c2Cl)cc1OCc1cncc(C#N)c1)C(=O)O. The van der Waals surface area contributed by atoms with Gasteiger partial charge in [-0.2, -0.15) is 5.26 Å². The first-order chi connectivity index (χ1) is 25.4. The second-order valence-corrected chi connectivity index (χ2v) is 14.0. The van der Waals surface area contributed by atoms with Gasteiger partial charge >= 0.3 is 5.97 Å². The molecule has 2 heterocycles. The van der Waals surface area contributed by atoms with E-state index in [2.05, 4.69) is 10.3 Å². The molecular formula is C38H39Cl3N4O8. The van der Waals surface area contributed by atoms with Crippen molar-refractivity contribution in [1.29, 1.82) is 5.26 Å². The number of hydrogen-bond donors (Lipinski definition) is 5. The molecule has 5 N–H and O–H groups in total. The van der Waals surface area contributed by atoms with Gasteiger partial charge in [0, 0.05) is 72.5 Å². The fourth-order valence-electron chi connectivity index (χ4n) is 5.62. The predicted octanol–water partition coefficient (Wildman–Crippen LogP) is 5.47. The largest absolute Gasteiger partial charge is 0.492 e. The molecule has 0 bridgehead atoms. The van der Waals surface area contributed by atoms with E-state index in [-0.39, 0.29) is 30.5 Å². The van der Waals surface area contributed by atoms with E-state index in [1.165, 1.54) is 13.1 Å². The zero-order valence-electron chi connectivity index (χ0n) is 28.8. The third-order valence-corrected chi connectivity index (χ3v) is 9.95. The molecule has 1 aliphatic heterocycles. The Morgan fingerprint density at radius 1 is 0.943 bits per heavy atom. The molecule has 0 radical (unpaired) electrons. The first-order valence-electron chi connectivity index (χ1n) is 16.7. The van der Waals surface area contributed by atoms with Crippen molar-refractivity contribution in [3.8, 4) is 34.4 Å². The molecule has 53 heavy (non-hydrogen) atoms. The standard InChI is InChI=1S/C38H39Cl3N4O8/c1-38(22-46,37(49)50)44-17-26-12-29(39)34(13-33(26)52-20-24-11-23(14-42)15-43-16-24)53-21-25-5-2-6-27(35(25)40)28-7-3-8-32(36(28)41)51-10-4-9-45-18-30(47)31(48)19-45/h2-3,5-8,11-13,15-16,30-31,44,46-48H,4,9-10,17-22H2,1H3,(H,49,50)/t30-,31-,38-/m1/s1. The molecule has 0 saturated carbocycles. The van der Waals surface area contributed by atoms with Gasteiger partial charge in [-0.1, -0.05) is 65.1 Å². The fourth-order valence-corrected chi connectivity index (χ4v) is 6.43. The van der Waals surface area contributed by atoms with Crippen molar-refractivity contribution in [1.82, 2.24) is 15.2 Å². The summed E-state index contributed by atoms with van der Waals surface area (Å²) in [5, 5.41) is 52.0. The van der Waals surface area contributed by atoms with Crippen LogP contribution in [0.1, 0.15) is 35.6 Å². The zero-order valence-corrected chi connectivity index (χ0v) is 31.0. The fraction of sp³-hybridized carbons (Fsp3) is 0.342. The minimum Gasteiger partial charge on any atom is -0.492 e. The van der Waals surface area contributed by atoms with Crippen molar-refractivity contribution in [2.45, 2.75) is 50.8 Å². The maximum atomic E-state index is 11.8. The van der Waals surface area contributed by atoms with Crippen LogP contribution < -0.4 is 19.5 Å². The van der Waals surface area contributed by atoms with E-state index in [1.54, 1.807) is 30.5 Å². The third-order valence-electron chi connectivity index (χ3n) is 8.82. The van der Waals surface area contributed by atoms with Gasteiger partial charge in [0.2, 0.25) is 0 Å². The average molecular weight is 786 g/mol. The van der Waals surface area contributed by atoms with Gasteiger partial charge in [0.1, 0.15) is 42.1 Å². The Labute approximate surface area is 322 Å². The molecule has 5 rings (SSSR count). The summed E-state index contributed by atoms with van der Waals surface area (Å²) >= 11 is 20.4. The Kier molecular flexibility index (Phi) is 13.8. The summed E-state index contributed by atoms with van der Waals surface area (Å²) in [6, 6.07) is 17.8. The number of carboxylic acids is 1. The van der Waals surface area contributed by atoms with Crippen LogP contribution in [0.4, 0.5) is 0 Å². The predicted molar refractivity (Wildman–Crippen MR) is 199 cm³/mol. The summed E-state index contributed by atoms with van der Waals surface area (Å²) in [7, 11) is 0. The topological polar surface area (TPSA) is 178 Å². The van der Waals surface area contributed by atoms with E-state index in [4.69, 9.17) is 49.0 Å². The van der Waals surface area contributed by atoms with Crippen molar-refractivity contribution in [3.63, 3.8) is 0 Å². The van der Waals surface area contributed by atoms with Crippen molar-refractivity contribution in [2.75, 3.05) is 32.8 Å². The summed E-state index contributed by atoms with van der Waals surface area (Å²) in [6.07, 6.45) is 2.22. The summed E-state index contributed by atoms with van der Waals surface area (Å²) in [5.74, 6) is -0.144. The number of ether oxygens (including phenoxy) is 3. The summed E-state index contributed by atoms with van der Waals surface area (Å²) < 4.78 is 18.3. The molecule has 0 unspecified atom stereocenters. The Morgan fingerprint density at radius 3 is 2.34 bits per heavy atom. The van der Waals surface area contributed by atoms with Gasteiger partial charge < -0.3 is 34.6 Å². The van der Waals surface area contributed by atoms with Gasteiger partial charge in [-0.15, -0.1) is 0 Å². The maximum Gasteiger partial charge on any atom is 0.326 e.